The van der Waals surface area contributed by atoms with Crippen molar-refractivity contribution in [2.24, 2.45) is 4.99 Å². The number of cyclic esters (lactones) is 1. The van der Waals surface area contributed by atoms with Crippen LogP contribution in [-0.2, 0) is 9.53 Å². The molecule has 5 heteroatoms. The summed E-state index contributed by atoms with van der Waals surface area (Å²) < 4.78 is 24.1. The average molecular weight is 353 g/mol. The van der Waals surface area contributed by atoms with Gasteiger partial charge in [0.1, 0.15) is 11.6 Å². The number of rotatable bonds is 7. The van der Waals surface area contributed by atoms with Crippen LogP contribution in [0.15, 0.2) is 59.2 Å². The smallest absolute Gasteiger partial charge is 0.363 e. The zero-order valence-electron chi connectivity index (χ0n) is 14.6. The number of benzene rings is 2. The van der Waals surface area contributed by atoms with Gasteiger partial charge in [0.2, 0.25) is 5.90 Å². The molecule has 0 amide bonds. The van der Waals surface area contributed by atoms with Gasteiger partial charge in [-0.1, -0.05) is 38.0 Å². The molecule has 1 aliphatic heterocycles. The van der Waals surface area contributed by atoms with E-state index in [1.165, 1.54) is 24.3 Å². The molecule has 0 spiro atoms. The van der Waals surface area contributed by atoms with Crippen molar-refractivity contribution in [1.82, 2.24) is 0 Å². The van der Waals surface area contributed by atoms with Crippen LogP contribution >= 0.6 is 0 Å². The first-order valence-corrected chi connectivity index (χ1v) is 8.67. The highest BCUT2D eigenvalue weighted by atomic mass is 19.1. The van der Waals surface area contributed by atoms with E-state index in [9.17, 15) is 9.18 Å². The van der Waals surface area contributed by atoms with Gasteiger partial charge < -0.3 is 9.47 Å². The molecule has 0 aromatic heterocycles. The van der Waals surface area contributed by atoms with Crippen molar-refractivity contribution in [2.45, 2.75) is 26.2 Å². The zero-order valence-corrected chi connectivity index (χ0v) is 14.6. The molecule has 0 saturated heterocycles. The van der Waals surface area contributed by atoms with E-state index in [2.05, 4.69) is 11.9 Å². The lowest BCUT2D eigenvalue weighted by Crippen LogP contribution is -2.05. The summed E-state index contributed by atoms with van der Waals surface area (Å²) in [6.45, 7) is 2.77. The number of nitrogens with zero attached hydrogens (tertiary/aromatic N) is 1. The highest BCUT2D eigenvalue weighted by Gasteiger charge is 2.24. The molecule has 0 N–H and O–H groups in total. The monoisotopic (exact) mass is 353 g/mol. The van der Waals surface area contributed by atoms with E-state index in [-0.39, 0.29) is 17.4 Å². The number of carbonyl (C=O) groups excluding carboxylic acids is 1. The van der Waals surface area contributed by atoms with Crippen LogP contribution in [0.4, 0.5) is 4.39 Å². The molecule has 26 heavy (non-hydrogen) atoms. The molecule has 1 aliphatic rings. The molecule has 4 nitrogen and oxygen atoms in total. The molecule has 134 valence electrons. The summed E-state index contributed by atoms with van der Waals surface area (Å²) in [6.07, 6.45) is 4.87. The van der Waals surface area contributed by atoms with Crippen LogP contribution in [0.2, 0.25) is 0 Å². The first kappa shape index (κ1) is 17.9. The lowest BCUT2D eigenvalue weighted by Gasteiger charge is -2.08. The van der Waals surface area contributed by atoms with Crippen molar-refractivity contribution < 1.29 is 18.7 Å². The predicted octanol–water partition coefficient (Wildman–Crippen LogP) is 4.74. The summed E-state index contributed by atoms with van der Waals surface area (Å²) >= 11 is 0. The average Bonchev–Trinajstić information content (AvgIpc) is 3.01. The van der Waals surface area contributed by atoms with E-state index in [4.69, 9.17) is 9.47 Å². The Labute approximate surface area is 152 Å². The fourth-order valence-electron chi connectivity index (χ4n) is 2.54. The number of hydrogen-bond donors (Lipinski definition) is 0. The number of esters is 1. The first-order chi connectivity index (χ1) is 12.7. The highest BCUT2D eigenvalue weighted by molar-refractivity contribution is 6.12. The highest BCUT2D eigenvalue weighted by Crippen LogP contribution is 2.25. The molecule has 0 unspecified atom stereocenters. The van der Waals surface area contributed by atoms with Crippen molar-refractivity contribution in [3.63, 3.8) is 0 Å². The largest absolute Gasteiger partial charge is 0.493 e. The summed E-state index contributed by atoms with van der Waals surface area (Å²) in [5.74, 6) is -0.0226. The molecule has 0 fully saturated rings. The van der Waals surface area contributed by atoms with Gasteiger partial charge in [-0.05, 0) is 42.8 Å². The van der Waals surface area contributed by atoms with E-state index in [0.29, 0.717) is 17.9 Å². The minimum Gasteiger partial charge on any atom is -0.493 e. The van der Waals surface area contributed by atoms with Crippen molar-refractivity contribution in [3.05, 3.63) is 71.2 Å². The van der Waals surface area contributed by atoms with Gasteiger partial charge in [0.05, 0.1) is 6.61 Å². The van der Waals surface area contributed by atoms with E-state index < -0.39 is 5.97 Å². The molecular formula is C21H20FNO3. The Morgan fingerprint density at radius 3 is 2.65 bits per heavy atom. The second-order valence-corrected chi connectivity index (χ2v) is 5.94. The normalized spacial score (nSPS) is 15.1. The zero-order chi connectivity index (χ0) is 18.4. The number of carbonyl (C=O) groups is 1. The fourth-order valence-corrected chi connectivity index (χ4v) is 2.54. The summed E-state index contributed by atoms with van der Waals surface area (Å²) in [7, 11) is 0. The quantitative estimate of drug-likeness (QED) is 0.410. The van der Waals surface area contributed by atoms with Crippen molar-refractivity contribution in [1.29, 1.82) is 0 Å². The SMILES string of the molecule is CCCCCOc1ccccc1/C=C1\N=C(c2ccc(F)cc2)OC1=O. The minimum absolute atomic E-state index is 0.169. The van der Waals surface area contributed by atoms with Crippen LogP contribution in [-0.4, -0.2) is 18.5 Å². The first-order valence-electron chi connectivity index (χ1n) is 8.67. The van der Waals surface area contributed by atoms with E-state index >= 15 is 0 Å². The Balaban J connectivity index is 1.81. The molecule has 2 aromatic rings. The molecule has 0 radical (unpaired) electrons. The molecule has 3 rings (SSSR count). The van der Waals surface area contributed by atoms with Crippen LogP contribution in [0.1, 0.15) is 37.3 Å². The number of ether oxygens (including phenoxy) is 2. The Morgan fingerprint density at radius 1 is 1.12 bits per heavy atom. The Hall–Kier alpha value is -2.95. The van der Waals surface area contributed by atoms with Gasteiger partial charge in [-0.3, -0.25) is 0 Å². The standard InChI is InChI=1S/C21H20FNO3/c1-2-3-6-13-25-19-8-5-4-7-16(19)14-18-21(24)26-20(23-18)15-9-11-17(22)12-10-15/h4-5,7-12,14H,2-3,6,13H2,1H3/b18-14-. The molecule has 0 bridgehead atoms. The lowest BCUT2D eigenvalue weighted by atomic mass is 10.1. The third-order valence-electron chi connectivity index (χ3n) is 3.93. The summed E-state index contributed by atoms with van der Waals surface area (Å²) in [4.78, 5) is 16.4. The van der Waals surface area contributed by atoms with Crippen molar-refractivity contribution in [3.8, 4) is 5.75 Å². The van der Waals surface area contributed by atoms with Gasteiger partial charge in [0, 0.05) is 11.1 Å². The molecule has 1 heterocycles. The van der Waals surface area contributed by atoms with Crippen LogP contribution in [0, 0.1) is 5.82 Å². The van der Waals surface area contributed by atoms with Gasteiger partial charge in [0.25, 0.3) is 0 Å². The molecular weight excluding hydrogens is 333 g/mol. The summed E-state index contributed by atoms with van der Waals surface area (Å²) in [5, 5.41) is 0. The number of unbranched alkanes of at least 4 members (excludes halogenated alkanes) is 2. The van der Waals surface area contributed by atoms with Gasteiger partial charge in [0.15, 0.2) is 5.70 Å². The van der Waals surface area contributed by atoms with Crippen LogP contribution < -0.4 is 4.74 Å². The maximum atomic E-state index is 13.0. The van der Waals surface area contributed by atoms with Gasteiger partial charge in [-0.15, -0.1) is 0 Å². The Kier molecular flexibility index (Phi) is 5.79. The van der Waals surface area contributed by atoms with E-state index in [1.54, 1.807) is 6.08 Å². The van der Waals surface area contributed by atoms with Crippen LogP contribution in [0.25, 0.3) is 6.08 Å². The molecule has 2 aromatic carbocycles. The van der Waals surface area contributed by atoms with E-state index in [0.717, 1.165) is 24.8 Å². The number of para-hydroxylation sites is 1. The second-order valence-electron chi connectivity index (χ2n) is 5.94. The second kappa shape index (κ2) is 8.43. The molecule has 0 saturated carbocycles. The van der Waals surface area contributed by atoms with Gasteiger partial charge in [-0.25, -0.2) is 14.2 Å². The third-order valence-corrected chi connectivity index (χ3v) is 3.93. The van der Waals surface area contributed by atoms with Crippen molar-refractivity contribution in [2.75, 3.05) is 6.61 Å². The Morgan fingerprint density at radius 2 is 1.88 bits per heavy atom. The maximum Gasteiger partial charge on any atom is 0.363 e. The third kappa shape index (κ3) is 4.36. The summed E-state index contributed by atoms with van der Waals surface area (Å²) in [6, 6.07) is 13.1. The fraction of sp³-hybridized carbons (Fsp3) is 0.238. The number of halogens is 1. The van der Waals surface area contributed by atoms with Gasteiger partial charge >= 0.3 is 5.97 Å². The van der Waals surface area contributed by atoms with Crippen molar-refractivity contribution >= 4 is 17.9 Å². The summed E-state index contributed by atoms with van der Waals surface area (Å²) in [5.41, 5.74) is 1.50. The number of hydrogen-bond acceptors (Lipinski definition) is 4. The van der Waals surface area contributed by atoms with E-state index in [1.807, 2.05) is 24.3 Å². The topological polar surface area (TPSA) is 47.9 Å². The molecule has 0 aliphatic carbocycles. The molecule has 0 atom stereocenters. The van der Waals surface area contributed by atoms with Crippen LogP contribution in [0.3, 0.4) is 0 Å². The minimum atomic E-state index is -0.537. The Bertz CT molecular complexity index is 841. The maximum absolute atomic E-state index is 13.0. The number of aliphatic imine (C=N–C) groups is 1. The van der Waals surface area contributed by atoms with Crippen LogP contribution in [0.5, 0.6) is 5.75 Å². The predicted molar refractivity (Wildman–Crippen MR) is 98.5 cm³/mol. The lowest BCUT2D eigenvalue weighted by molar-refractivity contribution is -0.129. The van der Waals surface area contributed by atoms with Gasteiger partial charge in [-0.2, -0.15) is 0 Å².